The molecule has 1 heterocycles. The summed E-state index contributed by atoms with van der Waals surface area (Å²) in [6.45, 7) is 3.90. The Morgan fingerprint density at radius 2 is 2.00 bits per heavy atom. The van der Waals surface area contributed by atoms with Gasteiger partial charge in [0.2, 0.25) is 0 Å². The summed E-state index contributed by atoms with van der Waals surface area (Å²) in [7, 11) is 0. The second-order valence-corrected chi connectivity index (χ2v) is 6.36. The Kier molecular flexibility index (Phi) is 3.29. The van der Waals surface area contributed by atoms with Crippen molar-refractivity contribution in [1.29, 1.82) is 0 Å². The fourth-order valence-electron chi connectivity index (χ4n) is 2.96. The van der Waals surface area contributed by atoms with Gasteiger partial charge in [0.05, 0.1) is 5.56 Å². The van der Waals surface area contributed by atoms with Gasteiger partial charge in [-0.15, -0.1) is 0 Å². The van der Waals surface area contributed by atoms with Gasteiger partial charge in [-0.25, -0.2) is 4.79 Å². The molecule has 0 aliphatic heterocycles. The van der Waals surface area contributed by atoms with Crippen LogP contribution in [-0.2, 0) is 5.54 Å². The average Bonchev–Trinajstić information content (AvgIpc) is 2.36. The monoisotopic (exact) mass is 304 g/mol. The van der Waals surface area contributed by atoms with E-state index in [9.17, 15) is 9.59 Å². The minimum Gasteiger partial charge on any atom is -0.297 e. The standard InChI is InChI=1S/C16H17ClN2O2/c1-10-5-3-6-11(9-10)12-13(17)18-15(21)19(14(12)20)16(2)7-4-8-16/h3,5-6,9H,4,7-8H2,1-2H3,(H,18,21). The van der Waals surface area contributed by atoms with Crippen molar-refractivity contribution in [2.24, 2.45) is 0 Å². The van der Waals surface area contributed by atoms with Crippen LogP contribution in [-0.4, -0.2) is 9.55 Å². The van der Waals surface area contributed by atoms with Crippen molar-refractivity contribution < 1.29 is 0 Å². The molecule has 0 atom stereocenters. The highest BCUT2D eigenvalue weighted by molar-refractivity contribution is 6.32. The number of nitrogens with zero attached hydrogens (tertiary/aromatic N) is 1. The first kappa shape index (κ1) is 14.1. The maximum absolute atomic E-state index is 12.8. The minimum atomic E-state index is -0.427. The molecule has 0 amide bonds. The van der Waals surface area contributed by atoms with E-state index < -0.39 is 11.2 Å². The Bertz CT molecular complexity index is 816. The molecule has 21 heavy (non-hydrogen) atoms. The average molecular weight is 305 g/mol. The summed E-state index contributed by atoms with van der Waals surface area (Å²) in [6.07, 6.45) is 2.71. The van der Waals surface area contributed by atoms with Crippen LogP contribution in [0.25, 0.3) is 11.1 Å². The van der Waals surface area contributed by atoms with Crippen LogP contribution in [0.15, 0.2) is 33.9 Å². The molecule has 0 unspecified atom stereocenters. The second-order valence-electron chi connectivity index (χ2n) is 5.98. The SMILES string of the molecule is Cc1cccc(-c2c(Cl)[nH]c(=O)n(C3(C)CCC3)c2=O)c1. The van der Waals surface area contributed by atoms with E-state index in [2.05, 4.69) is 4.98 Å². The lowest BCUT2D eigenvalue weighted by molar-refractivity contribution is 0.156. The number of aryl methyl sites for hydroxylation is 1. The maximum Gasteiger partial charge on any atom is 0.330 e. The highest BCUT2D eigenvalue weighted by Crippen LogP contribution is 2.37. The first-order valence-corrected chi connectivity index (χ1v) is 7.42. The lowest BCUT2D eigenvalue weighted by Gasteiger charge is -2.39. The fourth-order valence-corrected chi connectivity index (χ4v) is 3.23. The van der Waals surface area contributed by atoms with Gasteiger partial charge < -0.3 is 0 Å². The van der Waals surface area contributed by atoms with E-state index in [1.807, 2.05) is 38.1 Å². The van der Waals surface area contributed by atoms with E-state index in [1.54, 1.807) is 0 Å². The topological polar surface area (TPSA) is 54.9 Å². The van der Waals surface area contributed by atoms with Crippen molar-refractivity contribution in [1.82, 2.24) is 9.55 Å². The minimum absolute atomic E-state index is 0.106. The molecule has 0 spiro atoms. The number of aromatic nitrogens is 2. The van der Waals surface area contributed by atoms with Crippen molar-refractivity contribution in [2.45, 2.75) is 38.6 Å². The predicted molar refractivity (Wildman–Crippen MR) is 84.0 cm³/mol. The summed E-state index contributed by atoms with van der Waals surface area (Å²) >= 11 is 6.14. The summed E-state index contributed by atoms with van der Waals surface area (Å²) in [4.78, 5) is 27.6. The van der Waals surface area contributed by atoms with Gasteiger partial charge in [0.25, 0.3) is 5.56 Å². The number of H-pyrrole nitrogens is 1. The molecule has 5 heteroatoms. The number of benzene rings is 1. The van der Waals surface area contributed by atoms with E-state index >= 15 is 0 Å². The highest BCUT2D eigenvalue weighted by Gasteiger charge is 2.37. The smallest absolute Gasteiger partial charge is 0.297 e. The molecule has 110 valence electrons. The Hall–Kier alpha value is -1.81. The van der Waals surface area contributed by atoms with E-state index in [0.29, 0.717) is 5.56 Å². The number of hydrogen-bond acceptors (Lipinski definition) is 2. The molecular formula is C16H17ClN2O2. The van der Waals surface area contributed by atoms with Gasteiger partial charge in [-0.1, -0.05) is 41.4 Å². The number of hydrogen-bond donors (Lipinski definition) is 1. The van der Waals surface area contributed by atoms with Crippen LogP contribution in [0.2, 0.25) is 5.15 Å². The Balaban J connectivity index is 2.30. The lowest BCUT2D eigenvalue weighted by Crippen LogP contribution is -2.51. The van der Waals surface area contributed by atoms with Crippen molar-refractivity contribution >= 4 is 11.6 Å². The van der Waals surface area contributed by atoms with E-state index in [1.165, 1.54) is 4.57 Å². The molecule has 1 aliphatic rings. The zero-order chi connectivity index (χ0) is 15.2. The number of rotatable bonds is 2. The van der Waals surface area contributed by atoms with Crippen molar-refractivity contribution in [3.8, 4) is 11.1 Å². The summed E-state index contributed by atoms with van der Waals surface area (Å²) in [5.74, 6) is 0. The third-order valence-corrected chi connectivity index (χ3v) is 4.62. The van der Waals surface area contributed by atoms with Gasteiger partial charge in [-0.3, -0.25) is 14.3 Å². The van der Waals surface area contributed by atoms with Crippen molar-refractivity contribution in [3.05, 3.63) is 55.8 Å². The lowest BCUT2D eigenvalue weighted by atomic mass is 9.78. The third-order valence-electron chi connectivity index (χ3n) is 4.33. The third kappa shape index (κ3) is 2.23. The van der Waals surface area contributed by atoms with Gasteiger partial charge in [-0.05, 0) is 38.7 Å². The molecule has 2 aromatic rings. The Labute approximate surface area is 127 Å². The van der Waals surface area contributed by atoms with Crippen LogP contribution < -0.4 is 11.2 Å². The molecule has 0 bridgehead atoms. The molecular weight excluding hydrogens is 288 g/mol. The van der Waals surface area contributed by atoms with Crippen LogP contribution in [0.3, 0.4) is 0 Å². The first-order valence-electron chi connectivity index (χ1n) is 7.05. The molecule has 0 radical (unpaired) electrons. The van der Waals surface area contributed by atoms with Crippen molar-refractivity contribution in [3.63, 3.8) is 0 Å². The molecule has 1 fully saturated rings. The number of nitrogens with one attached hydrogen (secondary N) is 1. The zero-order valence-corrected chi connectivity index (χ0v) is 12.8. The zero-order valence-electron chi connectivity index (χ0n) is 12.1. The van der Waals surface area contributed by atoms with Gasteiger partial charge in [-0.2, -0.15) is 0 Å². The fraction of sp³-hybridized carbons (Fsp3) is 0.375. The molecule has 3 rings (SSSR count). The summed E-state index contributed by atoms with van der Waals surface area (Å²) in [5, 5.41) is 0.106. The maximum atomic E-state index is 12.8. The normalized spacial score (nSPS) is 16.5. The van der Waals surface area contributed by atoms with Gasteiger partial charge in [0.1, 0.15) is 5.15 Å². The summed E-state index contributed by atoms with van der Waals surface area (Å²) in [6, 6.07) is 7.56. The summed E-state index contributed by atoms with van der Waals surface area (Å²) < 4.78 is 1.33. The molecule has 1 aliphatic carbocycles. The molecule has 1 aromatic heterocycles. The Morgan fingerprint density at radius 1 is 1.29 bits per heavy atom. The van der Waals surface area contributed by atoms with Crippen molar-refractivity contribution in [2.75, 3.05) is 0 Å². The quantitative estimate of drug-likeness (QED) is 0.867. The molecule has 1 aromatic carbocycles. The van der Waals surface area contributed by atoms with Gasteiger partial charge in [0, 0.05) is 5.54 Å². The Morgan fingerprint density at radius 3 is 2.57 bits per heavy atom. The van der Waals surface area contributed by atoms with Crippen LogP contribution in [0.1, 0.15) is 31.7 Å². The molecule has 0 saturated heterocycles. The first-order chi connectivity index (χ1) is 9.92. The number of aromatic amines is 1. The largest absolute Gasteiger partial charge is 0.330 e. The number of halogens is 1. The summed E-state index contributed by atoms with van der Waals surface area (Å²) in [5.41, 5.74) is 1.01. The van der Waals surface area contributed by atoms with E-state index in [0.717, 1.165) is 30.4 Å². The van der Waals surface area contributed by atoms with Crippen LogP contribution in [0.4, 0.5) is 0 Å². The van der Waals surface area contributed by atoms with Crippen LogP contribution >= 0.6 is 11.6 Å². The van der Waals surface area contributed by atoms with E-state index in [4.69, 9.17) is 11.6 Å². The predicted octanol–water partition coefficient (Wildman–Crippen LogP) is 3.06. The van der Waals surface area contributed by atoms with Gasteiger partial charge >= 0.3 is 5.69 Å². The second kappa shape index (κ2) is 4.88. The van der Waals surface area contributed by atoms with Crippen LogP contribution in [0, 0.1) is 6.92 Å². The molecule has 1 saturated carbocycles. The van der Waals surface area contributed by atoms with E-state index in [-0.39, 0.29) is 10.7 Å². The highest BCUT2D eigenvalue weighted by atomic mass is 35.5. The van der Waals surface area contributed by atoms with Crippen LogP contribution in [0.5, 0.6) is 0 Å². The van der Waals surface area contributed by atoms with Gasteiger partial charge in [0.15, 0.2) is 0 Å². The molecule has 1 N–H and O–H groups in total. The molecule has 4 nitrogen and oxygen atoms in total.